The Hall–Kier alpha value is -1.70. The minimum Gasteiger partial charge on any atom is -0.325 e. The minimum atomic E-state index is -3.71. The highest BCUT2D eigenvalue weighted by molar-refractivity contribution is 9.10. The van der Waals surface area contributed by atoms with Crippen molar-refractivity contribution in [3.63, 3.8) is 0 Å². The van der Waals surface area contributed by atoms with Gasteiger partial charge in [0.05, 0.1) is 11.4 Å². The second kappa shape index (κ2) is 8.60. The Balaban J connectivity index is 2.09. The summed E-state index contributed by atoms with van der Waals surface area (Å²) in [6, 6.07) is 13.9. The smallest absolute Gasteiger partial charge is 0.243 e. The van der Waals surface area contributed by atoms with Crippen LogP contribution in [0.1, 0.15) is 19.4 Å². The Morgan fingerprint density at radius 2 is 1.64 bits per heavy atom. The summed E-state index contributed by atoms with van der Waals surface area (Å²) in [5.74, 6) is -0.369. The number of hydrogen-bond acceptors (Lipinski definition) is 3. The summed E-state index contributed by atoms with van der Waals surface area (Å²) in [4.78, 5) is 12.4. The Bertz CT molecular complexity index is 818. The van der Waals surface area contributed by atoms with Gasteiger partial charge in [-0.2, -0.15) is 4.31 Å². The number of halogens is 1. The number of rotatable bonds is 7. The maximum Gasteiger partial charge on any atom is 0.243 e. The Kier molecular flexibility index (Phi) is 6.75. The van der Waals surface area contributed by atoms with Gasteiger partial charge in [-0.15, -0.1) is 0 Å². The van der Waals surface area contributed by atoms with E-state index in [1.54, 1.807) is 19.1 Å². The maximum atomic E-state index is 12.7. The number of nitrogens with one attached hydrogen (secondary N) is 1. The maximum absolute atomic E-state index is 12.7. The third-order valence-electron chi connectivity index (χ3n) is 3.77. The van der Waals surface area contributed by atoms with Crippen molar-refractivity contribution in [1.82, 2.24) is 4.31 Å². The molecule has 0 atom stereocenters. The van der Waals surface area contributed by atoms with Crippen molar-refractivity contribution in [3.05, 3.63) is 58.6 Å². The number of carbonyl (C=O) groups excluding carboxylic acids is 1. The molecule has 5 nitrogen and oxygen atoms in total. The van der Waals surface area contributed by atoms with Gasteiger partial charge in [0.25, 0.3) is 0 Å². The highest BCUT2D eigenvalue weighted by atomic mass is 79.9. The van der Waals surface area contributed by atoms with E-state index in [0.29, 0.717) is 5.69 Å². The fourth-order valence-corrected chi connectivity index (χ4v) is 3.98. The van der Waals surface area contributed by atoms with E-state index in [2.05, 4.69) is 28.2 Å². The van der Waals surface area contributed by atoms with Crippen LogP contribution in [-0.4, -0.2) is 31.7 Å². The first-order valence-electron chi connectivity index (χ1n) is 8.01. The lowest BCUT2D eigenvalue weighted by Gasteiger charge is -2.20. The molecular weight excluding hydrogens is 404 g/mol. The van der Waals surface area contributed by atoms with E-state index in [4.69, 9.17) is 0 Å². The highest BCUT2D eigenvalue weighted by Gasteiger charge is 2.25. The van der Waals surface area contributed by atoms with Crippen LogP contribution in [0.15, 0.2) is 57.9 Å². The van der Waals surface area contributed by atoms with Crippen molar-refractivity contribution in [2.45, 2.75) is 25.2 Å². The van der Waals surface area contributed by atoms with Crippen molar-refractivity contribution >= 4 is 37.5 Å². The van der Waals surface area contributed by atoms with Crippen LogP contribution in [0.5, 0.6) is 0 Å². The lowest BCUT2D eigenvalue weighted by molar-refractivity contribution is -0.116. The van der Waals surface area contributed by atoms with E-state index in [1.165, 1.54) is 17.7 Å². The summed E-state index contributed by atoms with van der Waals surface area (Å²) in [5, 5.41) is 2.74. The zero-order valence-electron chi connectivity index (χ0n) is 14.2. The molecule has 0 unspecified atom stereocenters. The van der Waals surface area contributed by atoms with Gasteiger partial charge < -0.3 is 5.32 Å². The number of sulfonamides is 1. The van der Waals surface area contributed by atoms with Gasteiger partial charge in [0, 0.05) is 16.7 Å². The van der Waals surface area contributed by atoms with Gasteiger partial charge in [-0.1, -0.05) is 41.9 Å². The molecule has 0 aliphatic carbocycles. The topological polar surface area (TPSA) is 66.5 Å². The molecule has 0 bridgehead atoms. The van der Waals surface area contributed by atoms with Crippen molar-refractivity contribution in [2.24, 2.45) is 0 Å². The second-order valence-corrected chi connectivity index (χ2v) is 8.34. The number of hydrogen-bond donors (Lipinski definition) is 1. The van der Waals surface area contributed by atoms with Gasteiger partial charge in [0.15, 0.2) is 0 Å². The predicted molar refractivity (Wildman–Crippen MR) is 103 cm³/mol. The van der Waals surface area contributed by atoms with Crippen molar-refractivity contribution in [1.29, 1.82) is 0 Å². The Morgan fingerprint density at radius 1 is 1.04 bits per heavy atom. The van der Waals surface area contributed by atoms with Crippen molar-refractivity contribution in [2.75, 3.05) is 18.4 Å². The van der Waals surface area contributed by atoms with E-state index in [0.717, 1.165) is 15.2 Å². The molecule has 2 rings (SSSR count). The van der Waals surface area contributed by atoms with Gasteiger partial charge >= 0.3 is 0 Å². The number of likely N-dealkylation sites (N-methyl/N-ethyl adjacent to an activating group) is 1. The fourth-order valence-electron chi connectivity index (χ4n) is 2.31. The number of aryl methyl sites for hydroxylation is 1. The third-order valence-corrected chi connectivity index (χ3v) is 6.23. The molecule has 0 saturated carbocycles. The molecule has 0 spiro atoms. The van der Waals surface area contributed by atoms with Crippen molar-refractivity contribution < 1.29 is 13.2 Å². The van der Waals surface area contributed by atoms with Crippen LogP contribution in [0.3, 0.4) is 0 Å². The lowest BCUT2D eigenvalue weighted by Crippen LogP contribution is -2.37. The molecule has 1 amide bonds. The first kappa shape index (κ1) is 19.6. The number of nitrogens with zero attached hydrogens (tertiary/aromatic N) is 1. The molecule has 2 aromatic rings. The predicted octanol–water partition coefficient (Wildman–Crippen LogP) is 3.66. The van der Waals surface area contributed by atoms with Gasteiger partial charge in [-0.25, -0.2) is 8.42 Å². The molecule has 25 heavy (non-hydrogen) atoms. The number of anilines is 1. The number of benzene rings is 2. The Labute approximate surface area is 157 Å². The Morgan fingerprint density at radius 3 is 2.16 bits per heavy atom. The summed E-state index contributed by atoms with van der Waals surface area (Å²) in [5.41, 5.74) is 1.82. The largest absolute Gasteiger partial charge is 0.325 e. The minimum absolute atomic E-state index is 0.164. The van der Waals surface area contributed by atoms with Crippen LogP contribution in [0.4, 0.5) is 5.69 Å². The number of carbonyl (C=O) groups is 1. The van der Waals surface area contributed by atoms with Crippen LogP contribution >= 0.6 is 15.9 Å². The van der Waals surface area contributed by atoms with Crippen LogP contribution in [0.2, 0.25) is 0 Å². The molecular formula is C18H21BrN2O3S. The lowest BCUT2D eigenvalue weighted by atomic mass is 10.1. The number of amides is 1. The molecule has 0 aliphatic heterocycles. The molecule has 0 aromatic heterocycles. The second-order valence-electron chi connectivity index (χ2n) is 5.48. The van der Waals surface area contributed by atoms with Gasteiger partial charge in [0.2, 0.25) is 15.9 Å². The van der Waals surface area contributed by atoms with Crippen LogP contribution < -0.4 is 5.32 Å². The molecule has 0 radical (unpaired) electrons. The van der Waals surface area contributed by atoms with Crippen molar-refractivity contribution in [3.8, 4) is 0 Å². The SMILES string of the molecule is CCc1ccc(NC(=O)CN(CC)S(=O)(=O)c2ccc(Br)cc2)cc1. The molecule has 1 N–H and O–H groups in total. The molecule has 2 aromatic carbocycles. The fraction of sp³-hybridized carbons (Fsp3) is 0.278. The average Bonchev–Trinajstić information content (AvgIpc) is 2.60. The summed E-state index contributed by atoms with van der Waals surface area (Å²) < 4.78 is 27.3. The molecule has 0 fully saturated rings. The van der Waals surface area contributed by atoms with E-state index >= 15 is 0 Å². The monoisotopic (exact) mass is 424 g/mol. The molecule has 7 heteroatoms. The molecule has 0 saturated heterocycles. The molecule has 0 heterocycles. The molecule has 0 aliphatic rings. The normalized spacial score (nSPS) is 11.5. The van der Waals surface area contributed by atoms with Gasteiger partial charge in [-0.3, -0.25) is 4.79 Å². The average molecular weight is 425 g/mol. The quantitative estimate of drug-likeness (QED) is 0.737. The summed E-state index contributed by atoms with van der Waals surface area (Å²) in [6.45, 7) is 3.74. The van der Waals surface area contributed by atoms with E-state index in [-0.39, 0.29) is 23.9 Å². The van der Waals surface area contributed by atoms with Crippen LogP contribution in [-0.2, 0) is 21.2 Å². The zero-order chi connectivity index (χ0) is 18.4. The summed E-state index contributed by atoms with van der Waals surface area (Å²) >= 11 is 3.28. The van der Waals surface area contributed by atoms with Crippen LogP contribution in [0, 0.1) is 0 Å². The van der Waals surface area contributed by atoms with E-state index in [1.807, 2.05) is 24.3 Å². The molecule has 134 valence electrons. The summed E-state index contributed by atoms with van der Waals surface area (Å²) in [7, 11) is -3.71. The standard InChI is InChI=1S/C18H21BrN2O3S/c1-3-14-5-9-16(10-6-14)20-18(22)13-21(4-2)25(23,24)17-11-7-15(19)8-12-17/h5-12H,3-4,13H2,1-2H3,(H,20,22). The van der Waals surface area contributed by atoms with Crippen LogP contribution in [0.25, 0.3) is 0 Å². The zero-order valence-corrected chi connectivity index (χ0v) is 16.6. The van der Waals surface area contributed by atoms with E-state index < -0.39 is 10.0 Å². The highest BCUT2D eigenvalue weighted by Crippen LogP contribution is 2.19. The first-order valence-corrected chi connectivity index (χ1v) is 10.2. The van der Waals surface area contributed by atoms with E-state index in [9.17, 15) is 13.2 Å². The summed E-state index contributed by atoms with van der Waals surface area (Å²) in [6.07, 6.45) is 0.920. The first-order chi connectivity index (χ1) is 11.9. The van der Waals surface area contributed by atoms with Gasteiger partial charge in [-0.05, 0) is 48.4 Å². The van der Waals surface area contributed by atoms with Gasteiger partial charge in [0.1, 0.15) is 0 Å². The third kappa shape index (κ3) is 5.14.